The largest absolute Gasteiger partial charge is 0 e. The second kappa shape index (κ2) is 14.9. The molecule has 9 heavy (non-hydrogen) atoms. The Morgan fingerprint density at radius 2 is 0.889 bits per heavy atom. The van der Waals surface area contributed by atoms with Gasteiger partial charge in [-0.1, -0.05) is 0 Å². The Balaban J connectivity index is -0.0000000133. The van der Waals surface area contributed by atoms with Gasteiger partial charge in [0.25, 0.3) is 0 Å². The van der Waals surface area contributed by atoms with Gasteiger partial charge in [0.05, 0.1) is 0 Å². The molecule has 0 rings (SSSR count). The molecule has 0 atom stereocenters. The number of phosphoric acid groups is 1. The summed E-state index contributed by atoms with van der Waals surface area (Å²) < 4.78 is 8.88. The van der Waals surface area contributed by atoms with Crippen LogP contribution in [0.5, 0.6) is 0 Å². The van der Waals surface area contributed by atoms with Crippen LogP contribution in [0.2, 0.25) is 0 Å². The second-order valence-corrected chi connectivity index (χ2v) is 1.54. The van der Waals surface area contributed by atoms with E-state index < -0.39 is 7.82 Å². The SMILES string of the molecule is O=P(O)(O)O.[CaH2].[CaH2].[CaH2].[Mn]. The van der Waals surface area contributed by atoms with Crippen LogP contribution in [-0.2, 0) is 21.6 Å². The van der Waals surface area contributed by atoms with Crippen molar-refractivity contribution in [3.63, 3.8) is 0 Å². The number of rotatable bonds is 0. The van der Waals surface area contributed by atoms with Crippen molar-refractivity contribution in [3.05, 3.63) is 0 Å². The van der Waals surface area contributed by atoms with E-state index in [0.717, 1.165) is 0 Å². The molecule has 0 aromatic carbocycles. The molecule has 0 aromatic heterocycles. The van der Waals surface area contributed by atoms with Crippen molar-refractivity contribution < 1.29 is 36.3 Å². The summed E-state index contributed by atoms with van der Waals surface area (Å²) in [6.07, 6.45) is 0. The van der Waals surface area contributed by atoms with Gasteiger partial charge in [0.1, 0.15) is 0 Å². The van der Waals surface area contributed by atoms with Crippen LogP contribution in [0.15, 0.2) is 0 Å². The zero-order valence-corrected chi connectivity index (χ0v) is 4.65. The van der Waals surface area contributed by atoms with Crippen LogP contribution in [0.25, 0.3) is 0 Å². The van der Waals surface area contributed by atoms with Crippen LogP contribution in [0.3, 0.4) is 0 Å². The molecule has 0 aliphatic carbocycles. The Morgan fingerprint density at radius 3 is 0.889 bits per heavy atom. The molecule has 1 radical (unpaired) electrons. The minimum absolute atomic E-state index is 0. The van der Waals surface area contributed by atoms with Crippen LogP contribution >= 0.6 is 7.82 Å². The standard InChI is InChI=1S/3Ca.Mn.H3O4P.6H/c;;;;1-5(2,3)4;;;;;;/h;;;;(H3,1,2,3,4);;;;;;. The topological polar surface area (TPSA) is 77.8 Å². The Labute approximate surface area is 153 Å². The van der Waals surface area contributed by atoms with Crippen molar-refractivity contribution >= 4 is 121 Å². The van der Waals surface area contributed by atoms with Gasteiger partial charge in [0.2, 0.25) is 0 Å². The predicted molar refractivity (Wildman–Crippen MR) is 39.9 cm³/mol. The minimum Gasteiger partial charge on any atom is 0 e. The molecule has 0 bridgehead atoms. The average molecular weight is 279 g/mol. The molecule has 0 saturated heterocycles. The van der Waals surface area contributed by atoms with E-state index in [2.05, 4.69) is 0 Å². The maximum atomic E-state index is 8.88. The Morgan fingerprint density at radius 1 is 0.889 bits per heavy atom. The molecule has 0 saturated carbocycles. The molecule has 0 heterocycles. The maximum Gasteiger partial charge on any atom is 0 e. The molecule has 0 amide bonds. The minimum atomic E-state index is -4.64. The van der Waals surface area contributed by atoms with Gasteiger partial charge in [0, 0.05) is 17.1 Å². The van der Waals surface area contributed by atoms with Gasteiger partial charge in [-0.2, -0.15) is 0 Å². The molecule has 3 N–H and O–H groups in total. The predicted octanol–water partition coefficient (Wildman–Crippen LogP) is -3.68. The molecule has 4 nitrogen and oxygen atoms in total. The second-order valence-electron chi connectivity index (χ2n) is 0.513. The smallest absolute Gasteiger partial charge is 0 e. The molecule has 0 unspecified atom stereocenters. The van der Waals surface area contributed by atoms with E-state index in [9.17, 15) is 0 Å². The van der Waals surface area contributed by atoms with Crippen molar-refractivity contribution in [2.24, 2.45) is 0 Å². The summed E-state index contributed by atoms with van der Waals surface area (Å²) in [5.74, 6) is 0. The van der Waals surface area contributed by atoms with Crippen molar-refractivity contribution in [2.75, 3.05) is 0 Å². The Bertz CT molecular complexity index is 61.9. The van der Waals surface area contributed by atoms with Crippen molar-refractivity contribution in [3.8, 4) is 0 Å². The zero-order chi connectivity index (χ0) is 4.50. The van der Waals surface area contributed by atoms with E-state index in [4.69, 9.17) is 19.2 Å². The van der Waals surface area contributed by atoms with Crippen LogP contribution < -0.4 is 0 Å². The summed E-state index contributed by atoms with van der Waals surface area (Å²) in [7, 11) is -4.64. The van der Waals surface area contributed by atoms with E-state index in [0.29, 0.717) is 0 Å². The van der Waals surface area contributed by atoms with Crippen molar-refractivity contribution in [1.82, 2.24) is 0 Å². The molecule has 51 valence electrons. The summed E-state index contributed by atoms with van der Waals surface area (Å²) in [6, 6.07) is 0. The van der Waals surface area contributed by atoms with Gasteiger partial charge in [0.15, 0.2) is 0 Å². The van der Waals surface area contributed by atoms with Gasteiger partial charge >= 0.3 is 121 Å². The molecule has 0 spiro atoms. The fourth-order valence-electron chi connectivity index (χ4n) is 0. The van der Waals surface area contributed by atoms with E-state index in [1.54, 1.807) is 0 Å². The summed E-state index contributed by atoms with van der Waals surface area (Å²) >= 11 is 0. The van der Waals surface area contributed by atoms with E-state index in [1.807, 2.05) is 0 Å². The van der Waals surface area contributed by atoms with E-state index >= 15 is 0 Å². The van der Waals surface area contributed by atoms with Gasteiger partial charge in [-0.05, 0) is 0 Å². The van der Waals surface area contributed by atoms with E-state index in [1.165, 1.54) is 0 Å². The Hall–Kier alpha value is 4.41. The first kappa shape index (κ1) is 29.2. The molecule has 0 fully saturated rings. The first-order valence-electron chi connectivity index (χ1n) is 0.783. The van der Waals surface area contributed by atoms with Gasteiger partial charge in [-0.15, -0.1) is 0 Å². The number of hydrogen-bond donors (Lipinski definition) is 3. The van der Waals surface area contributed by atoms with Gasteiger partial charge in [-0.3, -0.25) is 0 Å². The average Bonchev–Trinajstić information content (AvgIpc) is 0.722. The fraction of sp³-hybridized carbons (Fsp3) is 0. The summed E-state index contributed by atoms with van der Waals surface area (Å²) in [4.78, 5) is 21.6. The third-order valence-corrected chi connectivity index (χ3v) is 0. The molecular weight excluding hydrogens is 270 g/mol. The number of hydrogen-bond acceptors (Lipinski definition) is 1. The van der Waals surface area contributed by atoms with Gasteiger partial charge in [-0.25, -0.2) is 4.57 Å². The maximum absolute atomic E-state index is 8.88. The normalized spacial score (nSPS) is 6.56. The third kappa shape index (κ3) is 69.2. The summed E-state index contributed by atoms with van der Waals surface area (Å²) in [5, 5.41) is 0. The quantitative estimate of drug-likeness (QED) is 0.315. The fourth-order valence-corrected chi connectivity index (χ4v) is 0. The van der Waals surface area contributed by atoms with Crippen LogP contribution in [0.1, 0.15) is 0 Å². The molecule has 0 aliphatic heterocycles. The molecule has 9 heteroatoms. The van der Waals surface area contributed by atoms with Crippen molar-refractivity contribution in [2.45, 2.75) is 0 Å². The molecule has 0 aliphatic rings. The molecule has 0 aromatic rings. The van der Waals surface area contributed by atoms with E-state index in [-0.39, 0.29) is 130 Å². The third-order valence-electron chi connectivity index (χ3n) is 0. The Kier molecular flexibility index (Phi) is 48.4. The van der Waals surface area contributed by atoms with Gasteiger partial charge < -0.3 is 14.7 Å². The summed E-state index contributed by atoms with van der Waals surface area (Å²) in [6.45, 7) is 0. The molecular formula is H9Ca3MnO4P. The first-order valence-corrected chi connectivity index (χ1v) is 2.35. The van der Waals surface area contributed by atoms with Crippen LogP contribution in [-0.4, -0.2) is 128 Å². The summed E-state index contributed by atoms with van der Waals surface area (Å²) in [5.41, 5.74) is 0. The zero-order valence-electron chi connectivity index (χ0n) is 2.58. The van der Waals surface area contributed by atoms with Crippen LogP contribution in [0, 0.1) is 0 Å². The monoisotopic (exact) mass is 279 g/mol. The van der Waals surface area contributed by atoms with Crippen molar-refractivity contribution in [1.29, 1.82) is 0 Å². The van der Waals surface area contributed by atoms with Crippen LogP contribution in [0.4, 0.5) is 0 Å². The first-order chi connectivity index (χ1) is 2.00.